The molecule has 0 bridgehead atoms. The SMILES string of the molecule is Cc1ccccc1C(c1ccc(N2CCOCC2)cc1)C(Cc1ccncc1)N=O. The highest BCUT2D eigenvalue weighted by atomic mass is 16.5. The van der Waals surface area contributed by atoms with Crippen molar-refractivity contribution >= 4 is 5.69 Å². The number of nitrogens with zero attached hydrogens (tertiary/aromatic N) is 3. The van der Waals surface area contributed by atoms with Crippen LogP contribution in [0, 0.1) is 11.8 Å². The molecule has 0 radical (unpaired) electrons. The minimum atomic E-state index is -0.400. The van der Waals surface area contributed by atoms with E-state index in [1.54, 1.807) is 12.4 Å². The Bertz CT molecular complexity index is 954. The first-order chi connectivity index (χ1) is 14.8. The van der Waals surface area contributed by atoms with Gasteiger partial charge in [-0.1, -0.05) is 41.6 Å². The maximum Gasteiger partial charge on any atom is 0.107 e. The fourth-order valence-corrected chi connectivity index (χ4v) is 4.24. The van der Waals surface area contributed by atoms with E-state index in [1.807, 2.05) is 24.3 Å². The number of pyridine rings is 1. The van der Waals surface area contributed by atoms with Crippen molar-refractivity contribution in [3.63, 3.8) is 0 Å². The molecular formula is C25H27N3O2. The van der Waals surface area contributed by atoms with Gasteiger partial charge in [-0.25, -0.2) is 0 Å². The number of aryl methyl sites for hydroxylation is 1. The highest BCUT2D eigenvalue weighted by Gasteiger charge is 2.28. The molecule has 1 aromatic heterocycles. The van der Waals surface area contributed by atoms with Gasteiger partial charge in [-0.2, -0.15) is 4.91 Å². The van der Waals surface area contributed by atoms with Crippen LogP contribution in [0.2, 0.25) is 0 Å². The van der Waals surface area contributed by atoms with Gasteiger partial charge in [-0.15, -0.1) is 0 Å². The molecule has 30 heavy (non-hydrogen) atoms. The number of ether oxygens (including phenoxy) is 1. The quantitative estimate of drug-likeness (QED) is 0.537. The molecule has 4 rings (SSSR count). The van der Waals surface area contributed by atoms with Crippen LogP contribution in [0.1, 0.15) is 28.2 Å². The number of hydrogen-bond acceptors (Lipinski definition) is 5. The fourth-order valence-electron chi connectivity index (χ4n) is 4.24. The molecule has 2 heterocycles. The van der Waals surface area contributed by atoms with Crippen molar-refractivity contribution in [2.75, 3.05) is 31.2 Å². The summed E-state index contributed by atoms with van der Waals surface area (Å²) in [5.41, 5.74) is 5.69. The van der Waals surface area contributed by atoms with Crippen LogP contribution in [0.4, 0.5) is 5.69 Å². The van der Waals surface area contributed by atoms with Gasteiger partial charge in [0, 0.05) is 37.1 Å². The largest absolute Gasteiger partial charge is 0.378 e. The average molecular weight is 402 g/mol. The van der Waals surface area contributed by atoms with Gasteiger partial charge in [-0.05, 0) is 59.9 Å². The number of anilines is 1. The summed E-state index contributed by atoms with van der Waals surface area (Å²) in [6.45, 7) is 5.42. The van der Waals surface area contributed by atoms with Gasteiger partial charge in [0.2, 0.25) is 0 Å². The Hall–Kier alpha value is -3.05. The van der Waals surface area contributed by atoms with Gasteiger partial charge in [0.05, 0.1) is 13.2 Å². The number of rotatable bonds is 7. The van der Waals surface area contributed by atoms with Crippen molar-refractivity contribution in [2.45, 2.75) is 25.3 Å². The molecule has 0 amide bonds. The Morgan fingerprint density at radius 1 is 1.00 bits per heavy atom. The number of benzene rings is 2. The highest BCUT2D eigenvalue weighted by Crippen LogP contribution is 2.34. The minimum absolute atomic E-state index is 0.101. The van der Waals surface area contributed by atoms with Crippen LogP contribution in [-0.2, 0) is 11.2 Å². The summed E-state index contributed by atoms with van der Waals surface area (Å²) in [6, 6.07) is 20.4. The molecule has 1 aliphatic rings. The number of aromatic nitrogens is 1. The van der Waals surface area contributed by atoms with Crippen LogP contribution < -0.4 is 4.90 Å². The molecule has 5 heteroatoms. The van der Waals surface area contributed by atoms with Crippen molar-refractivity contribution in [3.05, 3.63) is 100 Å². The van der Waals surface area contributed by atoms with Crippen molar-refractivity contribution in [3.8, 4) is 0 Å². The Kier molecular flexibility index (Phi) is 6.50. The predicted molar refractivity (Wildman–Crippen MR) is 120 cm³/mol. The normalized spacial score (nSPS) is 16.1. The van der Waals surface area contributed by atoms with Crippen molar-refractivity contribution in [1.82, 2.24) is 4.98 Å². The molecule has 154 valence electrons. The van der Waals surface area contributed by atoms with Crippen molar-refractivity contribution < 1.29 is 4.74 Å². The smallest absolute Gasteiger partial charge is 0.107 e. The molecule has 1 aliphatic heterocycles. The number of nitroso groups, excluding NO2 is 1. The van der Waals surface area contributed by atoms with Gasteiger partial charge < -0.3 is 9.64 Å². The average Bonchev–Trinajstić information content (AvgIpc) is 2.81. The lowest BCUT2D eigenvalue weighted by molar-refractivity contribution is 0.122. The first-order valence-corrected chi connectivity index (χ1v) is 10.5. The molecule has 0 aliphatic carbocycles. The third-order valence-electron chi connectivity index (χ3n) is 5.87. The molecule has 0 saturated carbocycles. The molecule has 5 nitrogen and oxygen atoms in total. The monoisotopic (exact) mass is 401 g/mol. The van der Waals surface area contributed by atoms with Crippen molar-refractivity contribution in [1.29, 1.82) is 0 Å². The second-order valence-corrected chi connectivity index (χ2v) is 7.76. The van der Waals surface area contributed by atoms with Gasteiger partial charge in [0.15, 0.2) is 0 Å². The summed E-state index contributed by atoms with van der Waals surface area (Å²) in [4.78, 5) is 18.5. The summed E-state index contributed by atoms with van der Waals surface area (Å²) in [7, 11) is 0. The Morgan fingerprint density at radius 3 is 2.37 bits per heavy atom. The summed E-state index contributed by atoms with van der Waals surface area (Å²) < 4.78 is 5.46. The molecule has 2 unspecified atom stereocenters. The third-order valence-corrected chi connectivity index (χ3v) is 5.87. The molecule has 2 atom stereocenters. The van der Waals surface area contributed by atoms with E-state index in [-0.39, 0.29) is 5.92 Å². The molecule has 1 fully saturated rings. The summed E-state index contributed by atoms with van der Waals surface area (Å²) in [5, 5.41) is 3.59. The summed E-state index contributed by atoms with van der Waals surface area (Å²) >= 11 is 0. The standard InChI is InChI=1S/C25H27N3O2/c1-19-4-2-3-5-23(19)25(24(27-29)18-20-10-12-26-13-11-20)21-6-8-22(9-7-21)28-14-16-30-17-15-28/h2-13,24-25H,14-18H2,1H3. The summed E-state index contributed by atoms with van der Waals surface area (Å²) in [6.07, 6.45) is 4.10. The zero-order chi connectivity index (χ0) is 20.8. The lowest BCUT2D eigenvalue weighted by atomic mass is 9.81. The van der Waals surface area contributed by atoms with E-state index >= 15 is 0 Å². The van der Waals surface area contributed by atoms with E-state index in [4.69, 9.17) is 4.74 Å². The lowest BCUT2D eigenvalue weighted by Gasteiger charge is -2.30. The van der Waals surface area contributed by atoms with Crippen LogP contribution >= 0.6 is 0 Å². The Morgan fingerprint density at radius 2 is 1.70 bits per heavy atom. The highest BCUT2D eigenvalue weighted by molar-refractivity contribution is 5.50. The van der Waals surface area contributed by atoms with Gasteiger partial charge in [0.1, 0.15) is 6.04 Å². The minimum Gasteiger partial charge on any atom is -0.378 e. The van der Waals surface area contributed by atoms with Crippen LogP contribution in [0.25, 0.3) is 0 Å². The maximum absolute atomic E-state index is 12.0. The Labute approximate surface area is 177 Å². The molecule has 0 spiro atoms. The molecule has 3 aromatic rings. The Balaban J connectivity index is 1.68. The number of morpholine rings is 1. The first-order valence-electron chi connectivity index (χ1n) is 10.5. The molecular weight excluding hydrogens is 374 g/mol. The van der Waals surface area contributed by atoms with Gasteiger partial charge in [-0.3, -0.25) is 4.98 Å². The predicted octanol–water partition coefficient (Wildman–Crippen LogP) is 4.74. The fraction of sp³-hybridized carbons (Fsp3) is 0.320. The zero-order valence-corrected chi connectivity index (χ0v) is 17.3. The van der Waals surface area contributed by atoms with E-state index in [0.29, 0.717) is 6.42 Å². The van der Waals surface area contributed by atoms with Crippen LogP contribution in [0.5, 0.6) is 0 Å². The van der Waals surface area contributed by atoms with Crippen LogP contribution in [-0.4, -0.2) is 37.3 Å². The van der Waals surface area contributed by atoms with E-state index in [0.717, 1.165) is 43.0 Å². The molecule has 1 saturated heterocycles. The van der Waals surface area contributed by atoms with E-state index in [2.05, 4.69) is 58.4 Å². The van der Waals surface area contributed by atoms with E-state index in [1.165, 1.54) is 11.3 Å². The molecule has 0 N–H and O–H groups in total. The van der Waals surface area contributed by atoms with Gasteiger partial charge >= 0.3 is 0 Å². The molecule has 2 aromatic carbocycles. The van der Waals surface area contributed by atoms with Crippen LogP contribution in [0.15, 0.2) is 78.2 Å². The zero-order valence-electron chi connectivity index (χ0n) is 17.3. The number of hydrogen-bond donors (Lipinski definition) is 0. The van der Waals surface area contributed by atoms with E-state index in [9.17, 15) is 4.91 Å². The first kappa shape index (κ1) is 20.2. The van der Waals surface area contributed by atoms with E-state index < -0.39 is 6.04 Å². The second-order valence-electron chi connectivity index (χ2n) is 7.76. The van der Waals surface area contributed by atoms with Crippen LogP contribution in [0.3, 0.4) is 0 Å². The lowest BCUT2D eigenvalue weighted by Crippen LogP contribution is -2.36. The maximum atomic E-state index is 12.0. The second kappa shape index (κ2) is 9.63. The summed E-state index contributed by atoms with van der Waals surface area (Å²) in [5.74, 6) is -0.101. The topological polar surface area (TPSA) is 54.8 Å². The van der Waals surface area contributed by atoms with Gasteiger partial charge in [0.25, 0.3) is 0 Å². The third kappa shape index (κ3) is 4.57. The van der Waals surface area contributed by atoms with Crippen molar-refractivity contribution in [2.24, 2.45) is 5.18 Å².